The second kappa shape index (κ2) is 14.1. The summed E-state index contributed by atoms with van der Waals surface area (Å²) in [6.07, 6.45) is 9.92. The van der Waals surface area contributed by atoms with E-state index in [1.54, 1.807) is 6.08 Å². The van der Waals surface area contributed by atoms with Gasteiger partial charge >= 0.3 is 6.03 Å². The molecule has 0 unspecified atom stereocenters. The fraction of sp³-hybridized carbons (Fsp3) is 0.143. The summed E-state index contributed by atoms with van der Waals surface area (Å²) in [5, 5.41) is 5.21. The lowest BCUT2D eigenvalue weighted by Crippen LogP contribution is -2.41. The molecule has 0 atom stereocenters. The standard InChI is InChI=1S/C21H18N2O2.C5H8.C2H6/c1-3-9-14(4-2)20(24)23-21(25)22-19-17-12-7-5-10-15(17)16-11-6-8-13-18(16)19;1-3-5-4-2;1-2/h3-13,19H,1-2H2,(H2,22,23,24,25);3-5H,1H2,2H3;1-2H3/b14-9+;5-4-;. The number of nitrogens with one attached hydrogen (secondary N) is 2. The number of carbonyl (C=O) groups is 2. The van der Waals surface area contributed by atoms with Crippen molar-refractivity contribution in [2.45, 2.75) is 26.8 Å². The number of imide groups is 1. The molecule has 2 N–H and O–H groups in total. The maximum Gasteiger partial charge on any atom is 0.322 e. The monoisotopic (exact) mass is 428 g/mol. The molecule has 0 radical (unpaired) electrons. The van der Waals surface area contributed by atoms with Crippen LogP contribution in [0.5, 0.6) is 0 Å². The van der Waals surface area contributed by atoms with E-state index in [9.17, 15) is 9.59 Å². The molecular weight excluding hydrogens is 396 g/mol. The third-order valence-electron chi connectivity index (χ3n) is 4.44. The van der Waals surface area contributed by atoms with Gasteiger partial charge in [-0.1, -0.05) is 119 Å². The van der Waals surface area contributed by atoms with Crippen LogP contribution in [0.3, 0.4) is 0 Å². The number of rotatable bonds is 5. The van der Waals surface area contributed by atoms with Crippen molar-refractivity contribution in [2.75, 3.05) is 0 Å². The first-order valence-electron chi connectivity index (χ1n) is 10.6. The molecule has 166 valence electrons. The van der Waals surface area contributed by atoms with Crippen LogP contribution in [0.1, 0.15) is 37.9 Å². The molecule has 0 saturated carbocycles. The van der Waals surface area contributed by atoms with Crippen molar-refractivity contribution in [3.8, 4) is 11.1 Å². The highest BCUT2D eigenvalue weighted by Gasteiger charge is 2.29. The Morgan fingerprint density at radius 3 is 1.81 bits per heavy atom. The Hall–Kier alpha value is -3.92. The maximum atomic E-state index is 12.3. The van der Waals surface area contributed by atoms with E-state index in [-0.39, 0.29) is 11.6 Å². The fourth-order valence-corrected chi connectivity index (χ4v) is 3.15. The summed E-state index contributed by atoms with van der Waals surface area (Å²) in [6.45, 7) is 16.5. The van der Waals surface area contributed by atoms with E-state index in [2.05, 4.69) is 30.4 Å². The third kappa shape index (κ3) is 6.81. The van der Waals surface area contributed by atoms with Crippen LogP contribution < -0.4 is 10.6 Å². The van der Waals surface area contributed by atoms with E-state index < -0.39 is 11.9 Å². The highest BCUT2D eigenvalue weighted by molar-refractivity contribution is 6.05. The fourth-order valence-electron chi connectivity index (χ4n) is 3.15. The van der Waals surface area contributed by atoms with Crippen molar-refractivity contribution in [1.29, 1.82) is 0 Å². The molecule has 0 fully saturated rings. The minimum absolute atomic E-state index is 0.275. The maximum absolute atomic E-state index is 12.3. The second-order valence-electron chi connectivity index (χ2n) is 6.36. The lowest BCUT2D eigenvalue weighted by Gasteiger charge is -2.16. The molecule has 4 heteroatoms. The molecular formula is C28H32N2O2. The summed E-state index contributed by atoms with van der Waals surface area (Å²) >= 11 is 0. The van der Waals surface area contributed by atoms with Gasteiger partial charge in [-0.05, 0) is 29.2 Å². The van der Waals surface area contributed by atoms with Gasteiger partial charge in [-0.3, -0.25) is 10.1 Å². The molecule has 4 nitrogen and oxygen atoms in total. The number of hydrogen-bond donors (Lipinski definition) is 2. The van der Waals surface area contributed by atoms with Crippen LogP contribution in [-0.4, -0.2) is 11.9 Å². The SMILES string of the molecule is C=C/C=C(\C=C)C(=O)NC(=O)NC1c2ccccc2-c2ccccc21.C=C/C=C\C.CC. The van der Waals surface area contributed by atoms with Gasteiger partial charge < -0.3 is 5.32 Å². The molecule has 0 heterocycles. The van der Waals surface area contributed by atoms with E-state index in [0.717, 1.165) is 22.3 Å². The Morgan fingerprint density at radius 1 is 0.875 bits per heavy atom. The van der Waals surface area contributed by atoms with E-state index in [1.165, 1.54) is 18.2 Å². The zero-order valence-electron chi connectivity index (χ0n) is 19.1. The van der Waals surface area contributed by atoms with E-state index in [4.69, 9.17) is 0 Å². The lowest BCUT2D eigenvalue weighted by atomic mass is 10.1. The first-order valence-corrected chi connectivity index (χ1v) is 10.6. The molecule has 1 aliphatic carbocycles. The van der Waals surface area contributed by atoms with Crippen molar-refractivity contribution in [3.05, 3.63) is 121 Å². The predicted molar refractivity (Wildman–Crippen MR) is 135 cm³/mol. The summed E-state index contributed by atoms with van der Waals surface area (Å²) in [6, 6.07) is 15.0. The van der Waals surface area contributed by atoms with Crippen LogP contribution in [-0.2, 0) is 4.79 Å². The number of hydrogen-bond acceptors (Lipinski definition) is 2. The number of fused-ring (bicyclic) bond motifs is 3. The average molecular weight is 429 g/mol. The lowest BCUT2D eigenvalue weighted by molar-refractivity contribution is -0.116. The van der Waals surface area contributed by atoms with Crippen molar-refractivity contribution < 1.29 is 9.59 Å². The number of benzene rings is 2. The molecule has 0 spiro atoms. The Bertz CT molecular complexity index is 970. The smallest absolute Gasteiger partial charge is 0.322 e. The molecule has 0 bridgehead atoms. The predicted octanol–water partition coefficient (Wildman–Crippen LogP) is 6.66. The van der Waals surface area contributed by atoms with Crippen LogP contribution in [0.4, 0.5) is 4.79 Å². The van der Waals surface area contributed by atoms with Crippen LogP contribution in [0.2, 0.25) is 0 Å². The summed E-state index contributed by atoms with van der Waals surface area (Å²) in [7, 11) is 0. The van der Waals surface area contributed by atoms with Crippen molar-refractivity contribution >= 4 is 11.9 Å². The largest absolute Gasteiger partial charge is 0.327 e. The van der Waals surface area contributed by atoms with Gasteiger partial charge in [-0.25, -0.2) is 4.79 Å². The van der Waals surface area contributed by atoms with Crippen molar-refractivity contribution in [1.82, 2.24) is 10.6 Å². The minimum atomic E-state index is -0.557. The first-order chi connectivity index (χ1) is 15.6. The number of carbonyl (C=O) groups excluding carboxylic acids is 2. The zero-order valence-corrected chi connectivity index (χ0v) is 19.1. The summed E-state index contributed by atoms with van der Waals surface area (Å²) in [4.78, 5) is 24.4. The first kappa shape index (κ1) is 26.1. The van der Waals surface area contributed by atoms with Gasteiger partial charge in [0.1, 0.15) is 0 Å². The summed E-state index contributed by atoms with van der Waals surface area (Å²) in [5.74, 6) is -0.521. The van der Waals surface area contributed by atoms with Crippen LogP contribution in [0.25, 0.3) is 11.1 Å². The molecule has 2 aromatic rings. The van der Waals surface area contributed by atoms with Gasteiger partial charge in [0, 0.05) is 5.57 Å². The summed E-state index contributed by atoms with van der Waals surface area (Å²) in [5.41, 5.74) is 4.48. The quantitative estimate of drug-likeness (QED) is 0.413. The normalized spacial score (nSPS) is 11.5. The Kier molecular flexibility index (Phi) is 11.5. The van der Waals surface area contributed by atoms with Gasteiger partial charge in [0.25, 0.3) is 5.91 Å². The highest BCUT2D eigenvalue weighted by atomic mass is 16.2. The molecule has 0 saturated heterocycles. The Labute approximate surface area is 191 Å². The van der Waals surface area contributed by atoms with Crippen LogP contribution in [0, 0.1) is 0 Å². The molecule has 0 aromatic heterocycles. The van der Waals surface area contributed by atoms with Crippen molar-refractivity contribution in [3.63, 3.8) is 0 Å². The number of urea groups is 1. The average Bonchev–Trinajstić information content (AvgIpc) is 3.13. The van der Waals surface area contributed by atoms with Gasteiger partial charge in [0.2, 0.25) is 0 Å². The topological polar surface area (TPSA) is 58.2 Å². The number of allylic oxidation sites excluding steroid dienone is 5. The number of amides is 3. The zero-order chi connectivity index (χ0) is 23.9. The molecule has 2 aromatic carbocycles. The van der Waals surface area contributed by atoms with Gasteiger partial charge in [0.05, 0.1) is 6.04 Å². The third-order valence-corrected chi connectivity index (χ3v) is 4.44. The molecule has 0 aliphatic heterocycles. The van der Waals surface area contributed by atoms with E-state index >= 15 is 0 Å². The Morgan fingerprint density at radius 2 is 1.41 bits per heavy atom. The molecule has 1 aliphatic rings. The van der Waals surface area contributed by atoms with E-state index in [1.807, 2.05) is 81.5 Å². The van der Waals surface area contributed by atoms with Crippen LogP contribution in [0.15, 0.2) is 110 Å². The summed E-state index contributed by atoms with van der Waals surface area (Å²) < 4.78 is 0. The van der Waals surface area contributed by atoms with Gasteiger partial charge in [-0.15, -0.1) is 0 Å². The Balaban J connectivity index is 0.000000646. The second-order valence-corrected chi connectivity index (χ2v) is 6.36. The highest BCUT2D eigenvalue weighted by Crippen LogP contribution is 2.42. The van der Waals surface area contributed by atoms with Gasteiger partial charge in [-0.2, -0.15) is 0 Å². The van der Waals surface area contributed by atoms with Crippen molar-refractivity contribution in [2.24, 2.45) is 0 Å². The minimum Gasteiger partial charge on any atom is -0.327 e. The van der Waals surface area contributed by atoms with E-state index in [0.29, 0.717) is 0 Å². The van der Waals surface area contributed by atoms with Gasteiger partial charge in [0.15, 0.2) is 0 Å². The molecule has 3 rings (SSSR count). The molecule has 3 amide bonds. The molecule has 32 heavy (non-hydrogen) atoms. The van der Waals surface area contributed by atoms with Crippen LogP contribution >= 0.6 is 0 Å².